The van der Waals surface area contributed by atoms with Gasteiger partial charge in [0.25, 0.3) is 0 Å². The van der Waals surface area contributed by atoms with Gasteiger partial charge in [0.1, 0.15) is 12.1 Å². The lowest BCUT2D eigenvalue weighted by molar-refractivity contribution is -0.142. The van der Waals surface area contributed by atoms with Crippen LogP contribution in [0.15, 0.2) is 54.6 Å². The summed E-state index contributed by atoms with van der Waals surface area (Å²) in [5, 5.41) is 3.42. The largest absolute Gasteiger partial charge is 0.370 e. The Morgan fingerprint density at radius 1 is 1.19 bits per heavy atom. The first-order chi connectivity index (χ1) is 13.0. The van der Waals surface area contributed by atoms with Crippen LogP contribution < -0.4 is 5.32 Å². The first kappa shape index (κ1) is 19.4. The summed E-state index contributed by atoms with van der Waals surface area (Å²) < 4.78 is 5.80. The lowest BCUT2D eigenvalue weighted by atomic mass is 10.1. The molecule has 2 atom stereocenters. The minimum atomic E-state index is -0.584. The van der Waals surface area contributed by atoms with Crippen LogP contribution in [-0.2, 0) is 20.7 Å². The van der Waals surface area contributed by atoms with Gasteiger partial charge in [0.2, 0.25) is 11.8 Å². The van der Waals surface area contributed by atoms with Gasteiger partial charge < -0.3 is 15.0 Å². The quantitative estimate of drug-likeness (QED) is 0.859. The fourth-order valence-electron chi connectivity index (χ4n) is 3.13. The molecule has 0 saturated carbocycles. The molecule has 2 aromatic carbocycles. The second kappa shape index (κ2) is 9.02. The van der Waals surface area contributed by atoms with Gasteiger partial charge in [-0.1, -0.05) is 54.1 Å². The van der Waals surface area contributed by atoms with Crippen molar-refractivity contribution in [2.24, 2.45) is 0 Å². The van der Waals surface area contributed by atoms with Gasteiger partial charge >= 0.3 is 0 Å². The minimum Gasteiger partial charge on any atom is -0.370 e. The predicted octanol–water partition coefficient (Wildman–Crippen LogP) is 2.99. The van der Waals surface area contributed by atoms with Gasteiger partial charge in [-0.25, -0.2) is 0 Å². The van der Waals surface area contributed by atoms with Gasteiger partial charge in [0.15, 0.2) is 0 Å². The third-order valence-corrected chi connectivity index (χ3v) is 4.83. The number of ether oxygens (including phenoxy) is 1. The molecule has 6 heteroatoms. The van der Waals surface area contributed by atoms with Crippen molar-refractivity contribution in [1.82, 2.24) is 10.2 Å². The molecule has 3 rings (SSSR count). The number of halogens is 1. The molecule has 0 radical (unpaired) electrons. The summed E-state index contributed by atoms with van der Waals surface area (Å²) in [6, 6.07) is 16.4. The number of hydrogen-bond acceptors (Lipinski definition) is 3. The number of nitrogens with zero attached hydrogens (tertiary/aromatic N) is 1. The number of amides is 2. The average molecular weight is 387 g/mol. The third kappa shape index (κ3) is 5.31. The summed E-state index contributed by atoms with van der Waals surface area (Å²) in [7, 11) is 0. The zero-order valence-electron chi connectivity index (χ0n) is 15.2. The van der Waals surface area contributed by atoms with E-state index in [9.17, 15) is 9.59 Å². The Hall–Kier alpha value is -2.37. The maximum atomic E-state index is 12.7. The highest BCUT2D eigenvalue weighted by molar-refractivity contribution is 6.30. The Kier molecular flexibility index (Phi) is 6.48. The summed E-state index contributed by atoms with van der Waals surface area (Å²) in [5.74, 6) is -0.283. The molecule has 1 heterocycles. The number of hydrogen-bond donors (Lipinski definition) is 1. The molecule has 1 saturated heterocycles. The zero-order valence-corrected chi connectivity index (χ0v) is 16.0. The molecular formula is C21H23ClN2O3. The lowest BCUT2D eigenvalue weighted by Gasteiger charge is -2.34. The highest BCUT2D eigenvalue weighted by Crippen LogP contribution is 2.22. The molecular weight excluding hydrogens is 364 g/mol. The van der Waals surface area contributed by atoms with Crippen molar-refractivity contribution < 1.29 is 14.3 Å². The molecule has 5 nitrogen and oxygen atoms in total. The molecule has 0 bridgehead atoms. The van der Waals surface area contributed by atoms with Crippen LogP contribution in [0.1, 0.15) is 24.2 Å². The number of nitrogens with one attached hydrogen (secondary N) is 1. The highest BCUT2D eigenvalue weighted by atomic mass is 35.5. The van der Waals surface area contributed by atoms with Gasteiger partial charge in [0.05, 0.1) is 19.6 Å². The van der Waals surface area contributed by atoms with E-state index in [1.54, 1.807) is 36.1 Å². The fourth-order valence-corrected chi connectivity index (χ4v) is 3.26. The summed E-state index contributed by atoms with van der Waals surface area (Å²) in [4.78, 5) is 26.7. The van der Waals surface area contributed by atoms with Crippen LogP contribution in [0.2, 0.25) is 5.02 Å². The van der Waals surface area contributed by atoms with Crippen molar-refractivity contribution in [3.8, 4) is 0 Å². The van der Waals surface area contributed by atoms with Crippen molar-refractivity contribution in [2.75, 3.05) is 19.7 Å². The molecule has 1 aliphatic rings. The molecule has 1 aliphatic heterocycles. The molecule has 1 unspecified atom stereocenters. The SMILES string of the molecule is C[C@H](NC(=O)Cc1ccc(Cl)cc1)C(=O)N1CCOC(c2ccccc2)C1. The average Bonchev–Trinajstić information content (AvgIpc) is 2.70. The Labute approximate surface area is 164 Å². The number of rotatable bonds is 5. The van der Waals surface area contributed by atoms with Gasteiger partial charge in [-0.3, -0.25) is 9.59 Å². The molecule has 142 valence electrons. The van der Waals surface area contributed by atoms with Crippen LogP contribution in [-0.4, -0.2) is 42.5 Å². The van der Waals surface area contributed by atoms with E-state index in [2.05, 4.69) is 5.32 Å². The molecule has 0 aliphatic carbocycles. The standard InChI is InChI=1S/C21H23ClN2O3/c1-15(23-20(25)13-16-7-9-18(22)10-8-16)21(26)24-11-12-27-19(14-24)17-5-3-2-4-6-17/h2-10,15,19H,11-14H2,1H3,(H,23,25)/t15-,19?/m0/s1. The normalized spacial score (nSPS) is 18.0. The number of carbonyl (C=O) groups is 2. The smallest absolute Gasteiger partial charge is 0.245 e. The lowest BCUT2D eigenvalue weighted by Crippen LogP contribution is -2.51. The molecule has 1 fully saturated rings. The Morgan fingerprint density at radius 2 is 1.89 bits per heavy atom. The van der Waals surface area contributed by atoms with Crippen molar-refractivity contribution in [1.29, 1.82) is 0 Å². The third-order valence-electron chi connectivity index (χ3n) is 4.58. The minimum absolute atomic E-state index is 0.0938. The van der Waals surface area contributed by atoms with Crippen molar-refractivity contribution in [3.05, 3.63) is 70.7 Å². The Morgan fingerprint density at radius 3 is 2.59 bits per heavy atom. The Balaban J connectivity index is 1.54. The summed E-state index contributed by atoms with van der Waals surface area (Å²) in [6.07, 6.45) is 0.0748. The van der Waals surface area contributed by atoms with Crippen LogP contribution in [0.25, 0.3) is 0 Å². The van der Waals surface area contributed by atoms with Crippen molar-refractivity contribution in [3.63, 3.8) is 0 Å². The topological polar surface area (TPSA) is 58.6 Å². The number of benzene rings is 2. The van der Waals surface area contributed by atoms with E-state index in [-0.39, 0.29) is 24.3 Å². The van der Waals surface area contributed by atoms with Gasteiger partial charge in [-0.2, -0.15) is 0 Å². The van der Waals surface area contributed by atoms with E-state index in [0.717, 1.165) is 11.1 Å². The van der Waals surface area contributed by atoms with E-state index < -0.39 is 6.04 Å². The van der Waals surface area contributed by atoms with E-state index in [4.69, 9.17) is 16.3 Å². The number of carbonyl (C=O) groups excluding carboxylic acids is 2. The molecule has 0 spiro atoms. The van der Waals surface area contributed by atoms with E-state index in [1.807, 2.05) is 30.3 Å². The first-order valence-electron chi connectivity index (χ1n) is 9.02. The maximum Gasteiger partial charge on any atom is 0.245 e. The number of morpholine rings is 1. The van der Waals surface area contributed by atoms with Gasteiger partial charge in [-0.05, 0) is 30.2 Å². The Bertz CT molecular complexity index is 780. The van der Waals surface area contributed by atoms with Crippen LogP contribution in [0.3, 0.4) is 0 Å². The second-order valence-electron chi connectivity index (χ2n) is 6.65. The van der Waals surface area contributed by atoms with E-state index in [0.29, 0.717) is 24.7 Å². The van der Waals surface area contributed by atoms with Gasteiger partial charge in [-0.15, -0.1) is 0 Å². The second-order valence-corrected chi connectivity index (χ2v) is 7.08. The molecule has 27 heavy (non-hydrogen) atoms. The van der Waals surface area contributed by atoms with Crippen molar-refractivity contribution in [2.45, 2.75) is 25.5 Å². The monoisotopic (exact) mass is 386 g/mol. The zero-order chi connectivity index (χ0) is 19.2. The first-order valence-corrected chi connectivity index (χ1v) is 9.40. The summed E-state index contributed by atoms with van der Waals surface area (Å²) in [6.45, 7) is 3.21. The van der Waals surface area contributed by atoms with Crippen LogP contribution in [0.5, 0.6) is 0 Å². The van der Waals surface area contributed by atoms with Crippen LogP contribution in [0, 0.1) is 0 Å². The fraction of sp³-hybridized carbons (Fsp3) is 0.333. The predicted molar refractivity (Wildman–Crippen MR) is 104 cm³/mol. The molecule has 1 N–H and O–H groups in total. The highest BCUT2D eigenvalue weighted by Gasteiger charge is 2.28. The molecule has 2 aromatic rings. The van der Waals surface area contributed by atoms with Crippen LogP contribution in [0.4, 0.5) is 0 Å². The molecule has 0 aromatic heterocycles. The van der Waals surface area contributed by atoms with Crippen LogP contribution >= 0.6 is 11.6 Å². The molecule has 2 amide bonds. The summed E-state index contributed by atoms with van der Waals surface area (Å²) in [5.41, 5.74) is 1.90. The van der Waals surface area contributed by atoms with E-state index >= 15 is 0 Å². The summed E-state index contributed by atoms with van der Waals surface area (Å²) >= 11 is 5.86. The maximum absolute atomic E-state index is 12.7. The van der Waals surface area contributed by atoms with Crippen molar-refractivity contribution >= 4 is 23.4 Å². The van der Waals surface area contributed by atoms with E-state index in [1.165, 1.54) is 0 Å². The van der Waals surface area contributed by atoms with Gasteiger partial charge in [0, 0.05) is 11.6 Å².